The van der Waals surface area contributed by atoms with Crippen molar-refractivity contribution in [2.45, 2.75) is 58.4 Å². The zero-order valence-corrected chi connectivity index (χ0v) is 13.1. The van der Waals surface area contributed by atoms with Crippen molar-refractivity contribution in [3.63, 3.8) is 0 Å². The first-order valence-corrected chi connectivity index (χ1v) is 7.74. The van der Waals surface area contributed by atoms with Crippen LogP contribution in [0.3, 0.4) is 0 Å². The van der Waals surface area contributed by atoms with Gasteiger partial charge in [-0.25, -0.2) is 9.97 Å². The third-order valence-corrected chi connectivity index (χ3v) is 3.85. The van der Waals surface area contributed by atoms with Crippen molar-refractivity contribution in [3.05, 3.63) is 17.7 Å². The molecule has 0 bridgehead atoms. The maximum atomic E-state index is 6.09. The van der Waals surface area contributed by atoms with Gasteiger partial charge in [0.15, 0.2) is 0 Å². The summed E-state index contributed by atoms with van der Waals surface area (Å²) in [6.07, 6.45) is 4.66. The van der Waals surface area contributed by atoms with E-state index >= 15 is 0 Å². The molecular formula is C15H24ClN3. The molecule has 0 atom stereocenters. The Morgan fingerprint density at radius 1 is 1.32 bits per heavy atom. The maximum Gasteiger partial charge on any atom is 0.131 e. The molecule has 1 aliphatic carbocycles. The van der Waals surface area contributed by atoms with E-state index in [0.29, 0.717) is 17.8 Å². The highest BCUT2D eigenvalue weighted by Gasteiger charge is 2.27. The van der Waals surface area contributed by atoms with Crippen molar-refractivity contribution < 1.29 is 0 Å². The Bertz CT molecular complexity index is 427. The van der Waals surface area contributed by atoms with Crippen LogP contribution in [0.5, 0.6) is 0 Å². The van der Waals surface area contributed by atoms with Gasteiger partial charge in [0, 0.05) is 18.5 Å². The molecule has 0 spiro atoms. The summed E-state index contributed by atoms with van der Waals surface area (Å²) in [6.45, 7) is 9.76. The average molecular weight is 282 g/mol. The lowest BCUT2D eigenvalue weighted by molar-refractivity contribution is 0.636. The van der Waals surface area contributed by atoms with Crippen LogP contribution in [0, 0.1) is 5.92 Å². The highest BCUT2D eigenvalue weighted by Crippen LogP contribution is 2.33. The van der Waals surface area contributed by atoms with Crippen LogP contribution in [0.2, 0.25) is 0 Å². The molecule has 0 amide bonds. The Balaban J connectivity index is 2.29. The third kappa shape index (κ3) is 3.59. The molecule has 1 aliphatic rings. The van der Waals surface area contributed by atoms with Crippen molar-refractivity contribution >= 4 is 17.3 Å². The molecule has 2 rings (SSSR count). The highest BCUT2D eigenvalue weighted by molar-refractivity contribution is 6.17. The third-order valence-electron chi connectivity index (χ3n) is 3.59. The largest absolute Gasteiger partial charge is 0.366 e. The topological polar surface area (TPSA) is 29.0 Å². The number of halogens is 1. The highest BCUT2D eigenvalue weighted by atomic mass is 35.5. The van der Waals surface area contributed by atoms with E-state index in [0.717, 1.165) is 29.7 Å². The van der Waals surface area contributed by atoms with Gasteiger partial charge in [-0.05, 0) is 32.6 Å². The van der Waals surface area contributed by atoms with Gasteiger partial charge in [0.1, 0.15) is 5.82 Å². The van der Waals surface area contributed by atoms with E-state index in [9.17, 15) is 0 Å². The molecule has 106 valence electrons. The van der Waals surface area contributed by atoms with Crippen molar-refractivity contribution in [2.75, 3.05) is 11.4 Å². The lowest BCUT2D eigenvalue weighted by Crippen LogP contribution is -2.34. The van der Waals surface area contributed by atoms with E-state index < -0.39 is 0 Å². The standard InChI is InChI=1S/C15H24ClN3/c1-10(2)15-17-8-14(13(7-16)18-15)19(11(3)4)9-12-5-6-12/h8,10-12H,5-7,9H2,1-4H3. The zero-order chi connectivity index (χ0) is 14.0. The Hall–Kier alpha value is -0.830. The summed E-state index contributed by atoms with van der Waals surface area (Å²) < 4.78 is 0. The van der Waals surface area contributed by atoms with E-state index in [4.69, 9.17) is 11.6 Å². The molecule has 19 heavy (non-hydrogen) atoms. The summed E-state index contributed by atoms with van der Waals surface area (Å²) in [6, 6.07) is 0.455. The Morgan fingerprint density at radius 3 is 2.47 bits per heavy atom. The molecule has 1 aromatic heterocycles. The van der Waals surface area contributed by atoms with E-state index in [1.807, 2.05) is 6.20 Å². The van der Waals surface area contributed by atoms with Crippen LogP contribution < -0.4 is 4.90 Å². The van der Waals surface area contributed by atoms with Gasteiger partial charge in [0.05, 0.1) is 23.5 Å². The SMILES string of the molecule is CC(C)c1ncc(N(CC2CC2)C(C)C)c(CCl)n1. The Labute approximate surface area is 121 Å². The van der Waals surface area contributed by atoms with Crippen molar-refractivity contribution in [1.29, 1.82) is 0 Å². The van der Waals surface area contributed by atoms with E-state index in [-0.39, 0.29) is 0 Å². The first kappa shape index (κ1) is 14.6. The second-order valence-corrected chi connectivity index (χ2v) is 6.31. The minimum Gasteiger partial charge on any atom is -0.366 e. The molecule has 1 fully saturated rings. The number of hydrogen-bond acceptors (Lipinski definition) is 3. The summed E-state index contributed by atoms with van der Waals surface area (Å²) in [5.41, 5.74) is 2.08. The van der Waals surface area contributed by atoms with Crippen molar-refractivity contribution in [1.82, 2.24) is 9.97 Å². The minimum absolute atomic E-state index is 0.340. The smallest absolute Gasteiger partial charge is 0.131 e. The predicted molar refractivity (Wildman–Crippen MR) is 80.9 cm³/mol. The Kier molecular flexibility index (Phi) is 4.67. The first-order chi connectivity index (χ1) is 9.02. The van der Waals surface area contributed by atoms with Crippen LogP contribution in [0.1, 0.15) is 58.0 Å². The summed E-state index contributed by atoms with van der Waals surface area (Å²) >= 11 is 6.09. The van der Waals surface area contributed by atoms with Gasteiger partial charge in [-0.15, -0.1) is 11.6 Å². The number of alkyl halides is 1. The molecule has 0 unspecified atom stereocenters. The first-order valence-electron chi connectivity index (χ1n) is 7.21. The van der Waals surface area contributed by atoms with Gasteiger partial charge >= 0.3 is 0 Å². The van der Waals surface area contributed by atoms with Gasteiger partial charge in [-0.1, -0.05) is 13.8 Å². The van der Waals surface area contributed by atoms with Gasteiger partial charge < -0.3 is 4.90 Å². The molecule has 3 nitrogen and oxygen atoms in total. The molecule has 0 radical (unpaired) electrons. The van der Waals surface area contributed by atoms with Crippen molar-refractivity contribution in [2.24, 2.45) is 5.92 Å². The van der Waals surface area contributed by atoms with Gasteiger partial charge in [-0.3, -0.25) is 0 Å². The van der Waals surface area contributed by atoms with Gasteiger partial charge in [0.2, 0.25) is 0 Å². The Morgan fingerprint density at radius 2 is 2.00 bits per heavy atom. The molecule has 0 N–H and O–H groups in total. The molecule has 1 heterocycles. The number of rotatable bonds is 6. The second-order valence-electron chi connectivity index (χ2n) is 6.04. The normalized spacial score (nSPS) is 15.3. The van der Waals surface area contributed by atoms with E-state index in [1.165, 1.54) is 12.8 Å². The van der Waals surface area contributed by atoms with Gasteiger partial charge in [0.25, 0.3) is 0 Å². The molecular weight excluding hydrogens is 258 g/mol. The maximum absolute atomic E-state index is 6.09. The molecule has 0 aliphatic heterocycles. The quantitative estimate of drug-likeness (QED) is 0.739. The number of nitrogens with zero attached hydrogens (tertiary/aromatic N) is 3. The monoisotopic (exact) mass is 281 g/mol. The fourth-order valence-corrected chi connectivity index (χ4v) is 2.41. The van der Waals surface area contributed by atoms with Crippen LogP contribution >= 0.6 is 11.6 Å². The minimum atomic E-state index is 0.340. The number of aromatic nitrogens is 2. The second kappa shape index (κ2) is 6.08. The molecule has 0 saturated heterocycles. The van der Waals surface area contributed by atoms with Crippen LogP contribution in [0.15, 0.2) is 6.20 Å². The molecule has 4 heteroatoms. The van der Waals surface area contributed by atoms with Crippen LogP contribution in [0.4, 0.5) is 5.69 Å². The number of hydrogen-bond donors (Lipinski definition) is 0. The molecule has 1 saturated carbocycles. The predicted octanol–water partition coefficient (Wildman–Crippen LogP) is 3.96. The summed E-state index contributed by atoms with van der Waals surface area (Å²) in [5, 5.41) is 0. The zero-order valence-electron chi connectivity index (χ0n) is 12.4. The van der Waals surface area contributed by atoms with Gasteiger partial charge in [-0.2, -0.15) is 0 Å². The lowest BCUT2D eigenvalue weighted by Gasteiger charge is -2.30. The lowest BCUT2D eigenvalue weighted by atomic mass is 10.2. The van der Waals surface area contributed by atoms with E-state index in [1.54, 1.807) is 0 Å². The fraction of sp³-hybridized carbons (Fsp3) is 0.733. The van der Waals surface area contributed by atoms with E-state index in [2.05, 4.69) is 42.6 Å². The summed E-state index contributed by atoms with van der Waals surface area (Å²) in [4.78, 5) is 11.5. The number of anilines is 1. The summed E-state index contributed by atoms with van der Waals surface area (Å²) in [5.74, 6) is 2.52. The van der Waals surface area contributed by atoms with Crippen LogP contribution in [-0.2, 0) is 5.88 Å². The van der Waals surface area contributed by atoms with Crippen LogP contribution in [-0.4, -0.2) is 22.6 Å². The molecule has 0 aromatic carbocycles. The van der Waals surface area contributed by atoms with Crippen molar-refractivity contribution in [3.8, 4) is 0 Å². The fourth-order valence-electron chi connectivity index (χ4n) is 2.21. The van der Waals surface area contributed by atoms with Crippen LogP contribution in [0.25, 0.3) is 0 Å². The molecule has 1 aromatic rings. The average Bonchev–Trinajstić information content (AvgIpc) is 3.18. The summed E-state index contributed by atoms with van der Waals surface area (Å²) in [7, 11) is 0.